The zero-order chi connectivity index (χ0) is 32.6. The highest BCUT2D eigenvalue weighted by Gasteiger charge is 2.27. The Balaban J connectivity index is 1.31. The highest BCUT2D eigenvalue weighted by molar-refractivity contribution is 6.00. The number of ether oxygens (including phenoxy) is 2. The number of amidine groups is 1. The van der Waals surface area contributed by atoms with Crippen LogP contribution >= 0.6 is 0 Å². The van der Waals surface area contributed by atoms with Crippen LogP contribution in [-0.2, 0) is 20.9 Å². The van der Waals surface area contributed by atoms with E-state index in [4.69, 9.17) is 9.47 Å². The molecule has 2 amide bonds. The highest BCUT2D eigenvalue weighted by atomic mass is 19.1. The number of nitrogens with one attached hydrogen (secondary N) is 4. The van der Waals surface area contributed by atoms with Gasteiger partial charge >= 0.3 is 5.97 Å². The van der Waals surface area contributed by atoms with Crippen LogP contribution in [0, 0.1) is 5.82 Å². The zero-order valence-corrected chi connectivity index (χ0v) is 26.8. The Labute approximate surface area is 264 Å². The third-order valence-corrected chi connectivity index (χ3v) is 7.63. The molecule has 12 heteroatoms. The Kier molecular flexibility index (Phi) is 11.4. The van der Waals surface area contributed by atoms with E-state index < -0.39 is 35.2 Å². The van der Waals surface area contributed by atoms with Gasteiger partial charge in [0.2, 0.25) is 5.91 Å². The van der Waals surface area contributed by atoms with E-state index in [9.17, 15) is 14.4 Å². The van der Waals surface area contributed by atoms with Gasteiger partial charge in [0, 0.05) is 63.4 Å². The van der Waals surface area contributed by atoms with Crippen molar-refractivity contribution in [2.24, 2.45) is 4.99 Å². The van der Waals surface area contributed by atoms with Crippen LogP contribution in [-0.4, -0.2) is 81.1 Å². The molecule has 4 rings (SSSR count). The van der Waals surface area contributed by atoms with Crippen LogP contribution in [0.5, 0.6) is 5.75 Å². The molecule has 2 aromatic rings. The van der Waals surface area contributed by atoms with Crippen LogP contribution in [0.15, 0.2) is 41.4 Å². The zero-order valence-electron chi connectivity index (χ0n) is 26.8. The monoisotopic (exact) mass is 624 g/mol. The molecule has 0 radical (unpaired) electrons. The first kappa shape index (κ1) is 33.7. The fourth-order valence-corrected chi connectivity index (χ4v) is 5.36. The summed E-state index contributed by atoms with van der Waals surface area (Å²) in [6, 6.07) is 9.62. The molecule has 4 N–H and O–H groups in total. The molecule has 1 atom stereocenters. The third kappa shape index (κ3) is 9.65. The number of carbonyl (C=O) groups is 3. The Morgan fingerprint density at radius 2 is 1.89 bits per heavy atom. The normalized spacial score (nSPS) is 16.2. The van der Waals surface area contributed by atoms with Gasteiger partial charge in [0.1, 0.15) is 29.0 Å². The minimum atomic E-state index is -1.07. The number of anilines is 1. The maximum atomic E-state index is 15.2. The van der Waals surface area contributed by atoms with E-state index in [2.05, 4.69) is 32.3 Å². The molecule has 1 fully saturated rings. The molecular weight excluding hydrogens is 579 g/mol. The van der Waals surface area contributed by atoms with E-state index in [0.717, 1.165) is 55.1 Å². The van der Waals surface area contributed by atoms with Gasteiger partial charge in [-0.05, 0) is 75.9 Å². The summed E-state index contributed by atoms with van der Waals surface area (Å²) in [6.45, 7) is 9.92. The first-order valence-electron chi connectivity index (χ1n) is 15.4. The fourth-order valence-electron chi connectivity index (χ4n) is 5.36. The van der Waals surface area contributed by atoms with Crippen molar-refractivity contribution in [2.75, 3.05) is 44.7 Å². The van der Waals surface area contributed by atoms with Crippen molar-refractivity contribution in [3.8, 4) is 5.75 Å². The van der Waals surface area contributed by atoms with Crippen LogP contribution in [0.1, 0.15) is 68.4 Å². The molecule has 0 unspecified atom stereocenters. The number of carbonyl (C=O) groups excluding carboxylic acids is 3. The standard InChI is InChI=1S/C33H45FN6O5/c1-21(41)39-28(32(43)45-33(2,3)4)20-38-31(42)22-8-10-29(27(34)17-22)40-15-11-24(12-16-40)37-19-23-7-9-25(44-5)18-26(23)30-35-13-6-14-36-30/h7-10,17-18,24,28,37H,6,11-16,19-20H2,1-5H3,(H,35,36)(H,38,42)(H,39,41)/t28-/m0/s1. The molecular formula is C33H45FN6O5. The van der Waals surface area contributed by atoms with Gasteiger partial charge in [0.05, 0.1) is 12.8 Å². The Morgan fingerprint density at radius 3 is 2.51 bits per heavy atom. The second-order valence-corrected chi connectivity index (χ2v) is 12.3. The lowest BCUT2D eigenvalue weighted by Gasteiger charge is -2.34. The second-order valence-electron chi connectivity index (χ2n) is 12.3. The van der Waals surface area contributed by atoms with Crippen molar-refractivity contribution in [3.05, 3.63) is 58.9 Å². The van der Waals surface area contributed by atoms with E-state index in [1.165, 1.54) is 13.0 Å². The predicted molar refractivity (Wildman–Crippen MR) is 171 cm³/mol. The maximum absolute atomic E-state index is 15.2. The molecule has 1 saturated heterocycles. The van der Waals surface area contributed by atoms with E-state index >= 15 is 4.39 Å². The number of hydrogen-bond acceptors (Lipinski definition) is 9. The van der Waals surface area contributed by atoms with Crippen molar-refractivity contribution in [1.29, 1.82) is 0 Å². The number of piperidine rings is 1. The molecule has 0 saturated carbocycles. The summed E-state index contributed by atoms with van der Waals surface area (Å²) in [7, 11) is 1.66. The van der Waals surface area contributed by atoms with Crippen LogP contribution < -0.4 is 30.9 Å². The highest BCUT2D eigenvalue weighted by Crippen LogP contribution is 2.25. The van der Waals surface area contributed by atoms with Crippen LogP contribution in [0.2, 0.25) is 0 Å². The van der Waals surface area contributed by atoms with Gasteiger partial charge in [-0.1, -0.05) is 6.07 Å². The summed E-state index contributed by atoms with van der Waals surface area (Å²) in [5.74, 6) is -0.477. The van der Waals surface area contributed by atoms with Crippen molar-refractivity contribution in [3.63, 3.8) is 0 Å². The molecule has 45 heavy (non-hydrogen) atoms. The summed E-state index contributed by atoms with van der Waals surface area (Å²) in [4.78, 5) is 43.5. The van der Waals surface area contributed by atoms with Gasteiger partial charge in [0.15, 0.2) is 0 Å². The smallest absolute Gasteiger partial charge is 0.331 e. The van der Waals surface area contributed by atoms with Gasteiger partial charge in [-0.15, -0.1) is 0 Å². The van der Waals surface area contributed by atoms with Crippen molar-refractivity contribution < 1.29 is 28.2 Å². The molecule has 0 aromatic heterocycles. The van der Waals surface area contributed by atoms with Gasteiger partial charge in [-0.3, -0.25) is 14.6 Å². The Bertz CT molecular complexity index is 1400. The van der Waals surface area contributed by atoms with Crippen LogP contribution in [0.3, 0.4) is 0 Å². The summed E-state index contributed by atoms with van der Waals surface area (Å²) >= 11 is 0. The lowest BCUT2D eigenvalue weighted by atomic mass is 10.0. The maximum Gasteiger partial charge on any atom is 0.331 e. The predicted octanol–water partition coefficient (Wildman–Crippen LogP) is 2.91. The van der Waals surface area contributed by atoms with Gasteiger partial charge in [-0.25, -0.2) is 9.18 Å². The second kappa shape index (κ2) is 15.2. The number of amides is 2. The molecule has 244 valence electrons. The quantitative estimate of drug-likeness (QED) is 0.281. The lowest BCUT2D eigenvalue weighted by Crippen LogP contribution is -2.50. The number of halogens is 1. The fraction of sp³-hybridized carbons (Fsp3) is 0.515. The van der Waals surface area contributed by atoms with E-state index in [1.807, 2.05) is 17.0 Å². The molecule has 0 aliphatic carbocycles. The van der Waals surface area contributed by atoms with Crippen molar-refractivity contribution in [1.82, 2.24) is 21.3 Å². The molecule has 2 aliphatic heterocycles. The van der Waals surface area contributed by atoms with E-state index in [0.29, 0.717) is 25.3 Å². The number of aliphatic imine (C=N–C) groups is 1. The van der Waals surface area contributed by atoms with Crippen LogP contribution in [0.25, 0.3) is 0 Å². The number of nitrogens with zero attached hydrogens (tertiary/aromatic N) is 2. The number of benzene rings is 2. The number of rotatable bonds is 11. The number of hydrogen-bond donors (Lipinski definition) is 4. The first-order chi connectivity index (χ1) is 21.4. The summed E-state index contributed by atoms with van der Waals surface area (Å²) in [5, 5.41) is 12.2. The van der Waals surface area contributed by atoms with Crippen molar-refractivity contribution >= 4 is 29.3 Å². The summed E-state index contributed by atoms with van der Waals surface area (Å²) < 4.78 is 26.0. The molecule has 2 aliphatic rings. The van der Waals surface area contributed by atoms with Crippen molar-refractivity contribution in [2.45, 2.75) is 71.2 Å². The topological polar surface area (TPSA) is 133 Å². The molecule has 11 nitrogen and oxygen atoms in total. The van der Waals surface area contributed by atoms with E-state index in [-0.39, 0.29) is 18.2 Å². The molecule has 0 bridgehead atoms. The summed E-state index contributed by atoms with van der Waals surface area (Å²) in [5.41, 5.74) is 1.98. The largest absolute Gasteiger partial charge is 0.497 e. The first-order valence-corrected chi connectivity index (χ1v) is 15.4. The van der Waals surface area contributed by atoms with Crippen LogP contribution in [0.4, 0.5) is 10.1 Å². The number of methoxy groups -OCH3 is 1. The van der Waals surface area contributed by atoms with Gasteiger partial charge < -0.3 is 35.6 Å². The van der Waals surface area contributed by atoms with Gasteiger partial charge in [-0.2, -0.15) is 0 Å². The lowest BCUT2D eigenvalue weighted by molar-refractivity contribution is -0.158. The Morgan fingerprint density at radius 1 is 1.13 bits per heavy atom. The summed E-state index contributed by atoms with van der Waals surface area (Å²) in [6.07, 6.45) is 2.69. The molecule has 2 aromatic carbocycles. The number of esters is 1. The SMILES string of the molecule is COc1ccc(CNC2CCN(c3ccc(C(=O)NC[C@H](NC(C)=O)C(=O)OC(C)(C)C)cc3F)CC2)c(C2=NCCCN2)c1. The molecule has 0 spiro atoms. The minimum absolute atomic E-state index is 0.117. The average Bonchev–Trinajstić information content (AvgIpc) is 3.01. The minimum Gasteiger partial charge on any atom is -0.497 e. The van der Waals surface area contributed by atoms with Gasteiger partial charge in [0.25, 0.3) is 5.91 Å². The average molecular weight is 625 g/mol. The third-order valence-electron chi connectivity index (χ3n) is 7.63. The Hall–Kier alpha value is -4.19. The molecule has 2 heterocycles. The van der Waals surface area contributed by atoms with E-state index in [1.54, 1.807) is 40.0 Å².